The summed E-state index contributed by atoms with van der Waals surface area (Å²) >= 11 is 0. The Morgan fingerprint density at radius 2 is 2.18 bits per heavy atom. The van der Waals surface area contributed by atoms with Crippen LogP contribution in [-0.2, 0) is 23.4 Å². The molecule has 0 aliphatic carbocycles. The lowest BCUT2D eigenvalue weighted by molar-refractivity contribution is -0.164. The molecule has 0 bridgehead atoms. The summed E-state index contributed by atoms with van der Waals surface area (Å²) in [6.45, 7) is 0. The molecule has 0 saturated carbocycles. The summed E-state index contributed by atoms with van der Waals surface area (Å²) in [5, 5.41) is 7.59. The second kappa shape index (κ2) is 4.31. The molecule has 10 heteroatoms. The van der Waals surface area contributed by atoms with Gasteiger partial charge in [-0.1, -0.05) is 4.73 Å². The van der Waals surface area contributed by atoms with Gasteiger partial charge in [0, 0.05) is 0 Å². The Morgan fingerprint density at radius 3 is 2.45 bits per heavy atom. The van der Waals surface area contributed by atoms with E-state index in [0.717, 1.165) is 6.26 Å². The highest BCUT2D eigenvalue weighted by atomic mass is 32.1. The maximum absolute atomic E-state index is 11.6. The molecule has 0 N–H and O–H groups in total. The first-order valence-electron chi connectivity index (χ1n) is 1.85. The summed E-state index contributed by atoms with van der Waals surface area (Å²) in [6, 6.07) is 0. The highest BCUT2D eigenvalue weighted by Crippen LogP contribution is 2.71. The molecule has 62 valence electrons. The van der Waals surface area contributed by atoms with Crippen molar-refractivity contribution in [2.75, 3.05) is 0 Å². The standard InChI is InChI=1S/CF2NO5P2/c2-8-11(6,10(3)5)9-7-1-4/q+1. The van der Waals surface area contributed by atoms with E-state index < -0.39 is 15.1 Å². The Balaban J connectivity index is 4.27. The minimum absolute atomic E-state index is 0.776. The maximum Gasteiger partial charge on any atom is 0.679 e. The third-order valence-corrected chi connectivity index (χ3v) is 2.81. The second-order valence-electron chi connectivity index (χ2n) is 1.01. The lowest BCUT2D eigenvalue weighted by atomic mass is 11.6. The van der Waals surface area contributed by atoms with Gasteiger partial charge < -0.3 is 0 Å². The molecule has 0 saturated heterocycles. The summed E-state index contributed by atoms with van der Waals surface area (Å²) in [6.07, 6.45) is 0.776. The first-order chi connectivity index (χ1) is 5.06. The predicted molar refractivity (Wildman–Crippen MR) is 26.3 cm³/mol. The van der Waals surface area contributed by atoms with Crippen molar-refractivity contribution in [3.63, 3.8) is 0 Å². The molecule has 0 aromatic heterocycles. The molecule has 0 aliphatic rings. The molecule has 0 amide bonds. The molecule has 0 rings (SSSR count). The van der Waals surface area contributed by atoms with Gasteiger partial charge in [-0.05, 0) is 13.8 Å². The van der Waals surface area contributed by atoms with Crippen molar-refractivity contribution in [2.24, 2.45) is 0 Å². The molecule has 0 radical (unpaired) electrons. The van der Waals surface area contributed by atoms with Crippen LogP contribution in [0.25, 0.3) is 0 Å². The molecular weight excluding hydrogens is 206 g/mol. The van der Waals surface area contributed by atoms with E-state index in [1.165, 1.54) is 0 Å². The van der Waals surface area contributed by atoms with Crippen LogP contribution in [0.15, 0.2) is 0 Å². The zero-order valence-corrected chi connectivity index (χ0v) is 6.43. The second-order valence-corrected chi connectivity index (χ2v) is 5.10. The fourth-order valence-electron chi connectivity index (χ4n) is 0.126. The van der Waals surface area contributed by atoms with Crippen LogP contribution in [0.4, 0.5) is 8.72 Å². The molecular formula is CF2NO5P2+. The van der Waals surface area contributed by atoms with Gasteiger partial charge in [0.05, 0.1) is 4.20 Å². The largest absolute Gasteiger partial charge is 0.679 e. The van der Waals surface area contributed by atoms with E-state index >= 15 is 0 Å². The zero-order chi connectivity index (χ0) is 8.91. The number of nitriles is 1. The van der Waals surface area contributed by atoms with Crippen LogP contribution in [-0.4, -0.2) is 0 Å². The van der Waals surface area contributed by atoms with Gasteiger partial charge in [0.15, 0.2) is 0 Å². The van der Waals surface area contributed by atoms with Gasteiger partial charge in [-0.3, -0.25) is 0 Å². The van der Waals surface area contributed by atoms with Gasteiger partial charge in [-0.15, -0.1) is 5.26 Å². The molecule has 11 heavy (non-hydrogen) atoms. The van der Waals surface area contributed by atoms with Crippen LogP contribution in [0.3, 0.4) is 0 Å². The van der Waals surface area contributed by atoms with E-state index in [4.69, 9.17) is 5.26 Å². The Labute approximate surface area is 59.8 Å². The molecule has 0 heterocycles. The van der Waals surface area contributed by atoms with Crippen LogP contribution >= 0.6 is 15.1 Å². The minimum atomic E-state index is -5.06. The monoisotopic (exact) mass is 206 g/mol. The molecule has 0 aromatic rings. The van der Waals surface area contributed by atoms with Crippen LogP contribution in [0.1, 0.15) is 0 Å². The Hall–Kier alpha value is -0.600. The van der Waals surface area contributed by atoms with Crippen molar-refractivity contribution in [2.45, 2.75) is 0 Å². The number of nitrogens with zero attached hydrogens (tertiary/aromatic N) is 1. The molecule has 0 aromatic carbocycles. The summed E-state index contributed by atoms with van der Waals surface area (Å²) < 4.78 is 48.4. The van der Waals surface area contributed by atoms with Crippen molar-refractivity contribution >= 4 is 15.1 Å². The van der Waals surface area contributed by atoms with Crippen molar-refractivity contribution in [3.05, 3.63) is 0 Å². The molecule has 0 aliphatic heterocycles. The van der Waals surface area contributed by atoms with Crippen LogP contribution in [0.5, 0.6) is 0 Å². The highest BCUT2D eigenvalue weighted by molar-refractivity contribution is 8.20. The molecule has 0 fully saturated rings. The van der Waals surface area contributed by atoms with Crippen molar-refractivity contribution in [3.8, 4) is 6.26 Å². The minimum Gasteiger partial charge on any atom is -0.242 e. The van der Waals surface area contributed by atoms with Gasteiger partial charge in [-0.2, -0.15) is 0 Å². The third-order valence-electron chi connectivity index (χ3n) is 0.449. The SMILES string of the molecule is N#COOP(=O)(OF)[P+](=O)F. The van der Waals surface area contributed by atoms with E-state index in [0.29, 0.717) is 0 Å². The average molecular weight is 206 g/mol. The summed E-state index contributed by atoms with van der Waals surface area (Å²) in [7, 11) is -9.11. The van der Waals surface area contributed by atoms with Crippen LogP contribution in [0.2, 0.25) is 0 Å². The number of hydrogen-bond acceptors (Lipinski definition) is 6. The Morgan fingerprint density at radius 1 is 1.64 bits per heavy atom. The topological polar surface area (TPSA) is 85.6 Å². The fraction of sp³-hybridized carbons (Fsp3) is 0. The number of hydrogen-bond donors (Lipinski definition) is 0. The Bertz CT molecular complexity index is 235. The third kappa shape index (κ3) is 2.87. The quantitative estimate of drug-likeness (QED) is 0.303. The van der Waals surface area contributed by atoms with Gasteiger partial charge in [0.2, 0.25) is 0 Å². The Kier molecular flexibility index (Phi) is 4.08. The summed E-state index contributed by atoms with van der Waals surface area (Å²) in [5.41, 5.74) is 0. The van der Waals surface area contributed by atoms with Crippen molar-refractivity contribution < 1.29 is 32.1 Å². The first-order valence-corrected chi connectivity index (χ1v) is 5.25. The van der Waals surface area contributed by atoms with Gasteiger partial charge >= 0.3 is 21.3 Å². The van der Waals surface area contributed by atoms with Gasteiger partial charge in [-0.25, -0.2) is 9.45 Å². The lowest BCUT2D eigenvalue weighted by Gasteiger charge is -1.91. The van der Waals surface area contributed by atoms with E-state index in [1.54, 1.807) is 0 Å². The number of rotatable bonds is 4. The van der Waals surface area contributed by atoms with Crippen LogP contribution < -0.4 is 0 Å². The van der Waals surface area contributed by atoms with Crippen molar-refractivity contribution in [1.82, 2.24) is 0 Å². The van der Waals surface area contributed by atoms with E-state index in [2.05, 4.69) is 14.3 Å². The maximum atomic E-state index is 11.6. The zero-order valence-electron chi connectivity index (χ0n) is 4.64. The first kappa shape index (κ1) is 10.4. The number of halogens is 2. The van der Waals surface area contributed by atoms with E-state index in [-0.39, 0.29) is 0 Å². The predicted octanol–water partition coefficient (Wildman–Crippen LogP) is 2.14. The molecule has 2 atom stereocenters. The highest BCUT2D eigenvalue weighted by Gasteiger charge is 2.56. The smallest absolute Gasteiger partial charge is 0.242 e. The normalized spacial score (nSPS) is 16.3. The fourth-order valence-corrected chi connectivity index (χ4v) is 0.780. The molecule has 6 nitrogen and oxygen atoms in total. The average Bonchev–Trinajstić information content (AvgIpc) is 2.00. The van der Waals surface area contributed by atoms with Gasteiger partial charge in [0.1, 0.15) is 0 Å². The van der Waals surface area contributed by atoms with E-state index in [1.807, 2.05) is 0 Å². The van der Waals surface area contributed by atoms with Gasteiger partial charge in [0.25, 0.3) is 0 Å². The molecule has 0 spiro atoms. The van der Waals surface area contributed by atoms with Crippen LogP contribution in [0, 0.1) is 11.5 Å². The van der Waals surface area contributed by atoms with E-state index in [9.17, 15) is 17.9 Å². The summed E-state index contributed by atoms with van der Waals surface area (Å²) in [5.74, 6) is 0. The lowest BCUT2D eigenvalue weighted by Crippen LogP contribution is -1.83. The molecule has 2 unspecified atom stereocenters. The summed E-state index contributed by atoms with van der Waals surface area (Å²) in [4.78, 5) is 3.20. The van der Waals surface area contributed by atoms with Crippen molar-refractivity contribution in [1.29, 1.82) is 5.26 Å².